The number of hydrogen-bond donors (Lipinski definition) is 0. The Hall–Kier alpha value is 0.920. The maximum absolute atomic E-state index is 5.23. The lowest BCUT2D eigenvalue weighted by atomic mass is 10.9. The summed E-state index contributed by atoms with van der Waals surface area (Å²) in [5, 5.41) is 0. The van der Waals surface area contributed by atoms with E-state index in [1.165, 1.54) is 0 Å². The molecule has 0 aliphatic heterocycles. The first kappa shape index (κ1) is 6.92. The van der Waals surface area contributed by atoms with Crippen molar-refractivity contribution in [3.8, 4) is 0 Å². The van der Waals surface area contributed by atoms with Crippen LogP contribution in [0.2, 0.25) is 0 Å². The maximum atomic E-state index is 5.23. The number of hydrogen-bond acceptors (Lipinski definition) is 0. The van der Waals surface area contributed by atoms with Gasteiger partial charge < -0.3 is 0 Å². The Bertz CT molecular complexity index is 75.5. The van der Waals surface area contributed by atoms with Gasteiger partial charge >= 0.3 is 0 Å². The summed E-state index contributed by atoms with van der Waals surface area (Å²) in [4.78, 5) is 0. The largest absolute Gasteiger partial charge is 0.0992 e. The molecule has 0 nitrogen and oxygen atoms in total. The van der Waals surface area contributed by atoms with Crippen molar-refractivity contribution in [1.82, 2.24) is 0 Å². The topological polar surface area (TPSA) is 0 Å². The van der Waals surface area contributed by atoms with Gasteiger partial charge in [-0.15, -0.1) is 0 Å². The molecule has 0 atom stereocenters. The molecule has 4 heteroatoms. The lowest BCUT2D eigenvalue weighted by molar-refractivity contribution is 3.45. The molecule has 0 aliphatic carbocycles. The molecular formula is C2H2Cl2P2. The molecule has 0 radical (unpaired) electrons. The predicted octanol–water partition coefficient (Wildman–Crippen LogP) is 2.01. The van der Waals surface area contributed by atoms with E-state index < -0.39 is 0 Å². The highest BCUT2D eigenvalue weighted by molar-refractivity contribution is 7.49. The van der Waals surface area contributed by atoms with E-state index in [2.05, 4.69) is 17.7 Å². The fraction of sp³-hybridized carbons (Fsp3) is 0. The van der Waals surface area contributed by atoms with Gasteiger partial charge in [0.15, 0.2) is 0 Å². The van der Waals surface area contributed by atoms with E-state index in [-0.39, 0.29) is 0 Å². The van der Waals surface area contributed by atoms with Gasteiger partial charge in [-0.1, -0.05) is 40.9 Å². The molecule has 34 valence electrons. The van der Waals surface area contributed by atoms with Crippen LogP contribution in [0.25, 0.3) is 0 Å². The van der Waals surface area contributed by atoms with E-state index in [1.807, 2.05) is 0 Å². The Labute approximate surface area is 50.9 Å². The van der Waals surface area contributed by atoms with Crippen molar-refractivity contribution < 1.29 is 0 Å². The summed E-state index contributed by atoms with van der Waals surface area (Å²) < 4.78 is 0.765. The Morgan fingerprint density at radius 1 is 1.00 bits per heavy atom. The zero-order valence-corrected chi connectivity index (χ0v) is 6.27. The number of halogens is 2. The first-order valence-electron chi connectivity index (χ1n) is 1.13. The standard InChI is InChI=1S/C2H2Cl2P2/c3-1(5)2(4)6/h5-6H. The fourth-order valence-electron chi connectivity index (χ4n) is 0. The van der Waals surface area contributed by atoms with Gasteiger partial charge in [0.1, 0.15) is 0 Å². The molecule has 0 N–H and O–H groups in total. The zero-order valence-electron chi connectivity index (χ0n) is 2.76. The SMILES string of the molecule is P=C(Cl)C(=P)Cl. The second-order valence-electron chi connectivity index (χ2n) is 0.628. The molecule has 0 aromatic carbocycles. The molecule has 0 aliphatic rings. The van der Waals surface area contributed by atoms with Crippen LogP contribution in [-0.2, 0) is 0 Å². The van der Waals surface area contributed by atoms with Crippen molar-refractivity contribution >= 4 is 50.4 Å². The Kier molecular flexibility index (Phi) is 3.45. The lowest BCUT2D eigenvalue weighted by Crippen LogP contribution is -1.85. The average molecular weight is 159 g/mol. The van der Waals surface area contributed by atoms with Gasteiger partial charge in [0.2, 0.25) is 0 Å². The minimum absolute atomic E-state index is 0.383. The molecule has 0 spiro atoms. The fourth-order valence-corrected chi connectivity index (χ4v) is 0. The molecule has 0 unspecified atom stereocenters. The van der Waals surface area contributed by atoms with Crippen molar-refractivity contribution in [1.29, 1.82) is 0 Å². The van der Waals surface area contributed by atoms with Crippen LogP contribution in [-0.4, -0.2) is 9.51 Å². The predicted molar refractivity (Wildman–Crippen MR) is 38.4 cm³/mol. The highest BCUT2D eigenvalue weighted by atomic mass is 35.5. The van der Waals surface area contributed by atoms with Crippen molar-refractivity contribution in [2.75, 3.05) is 0 Å². The smallest absolute Gasteiger partial charge is 0.0827 e. The van der Waals surface area contributed by atoms with E-state index >= 15 is 0 Å². The van der Waals surface area contributed by atoms with Crippen molar-refractivity contribution in [2.45, 2.75) is 0 Å². The third-order valence-corrected chi connectivity index (χ3v) is 1.73. The summed E-state index contributed by atoms with van der Waals surface area (Å²) in [5.41, 5.74) is 0. The van der Waals surface area contributed by atoms with Gasteiger partial charge in [-0.2, -0.15) is 0 Å². The van der Waals surface area contributed by atoms with Crippen LogP contribution in [0.5, 0.6) is 0 Å². The number of rotatable bonds is 1. The second-order valence-corrected chi connectivity index (χ2v) is 3.02. The normalized spacial score (nSPS) is 7.67. The average Bonchev–Trinajstić information content (AvgIpc) is 1.36. The van der Waals surface area contributed by atoms with E-state index in [4.69, 9.17) is 23.2 Å². The third kappa shape index (κ3) is 3.12. The minimum Gasteiger partial charge on any atom is -0.0992 e. The summed E-state index contributed by atoms with van der Waals surface area (Å²) in [7, 11) is 5.90. The molecule has 0 fully saturated rings. The van der Waals surface area contributed by atoms with Gasteiger partial charge in [-0.05, 0) is 0 Å². The zero-order chi connectivity index (χ0) is 5.15. The van der Waals surface area contributed by atoms with Crippen LogP contribution < -0.4 is 0 Å². The molecule has 6 heavy (non-hydrogen) atoms. The molecule has 0 bridgehead atoms. The summed E-state index contributed by atoms with van der Waals surface area (Å²) in [6.07, 6.45) is 0. The van der Waals surface area contributed by atoms with E-state index in [0.29, 0.717) is 9.51 Å². The maximum Gasteiger partial charge on any atom is 0.0827 e. The summed E-state index contributed by atoms with van der Waals surface area (Å²) in [5.74, 6) is 0. The first-order chi connectivity index (χ1) is 2.64. The summed E-state index contributed by atoms with van der Waals surface area (Å²) in [6.45, 7) is 0. The third-order valence-electron chi connectivity index (χ3n) is 0.193. The van der Waals surface area contributed by atoms with Gasteiger partial charge in [0.25, 0.3) is 0 Å². The molecule has 0 saturated carbocycles. The molecule has 0 heterocycles. The molecule has 0 rings (SSSR count). The lowest BCUT2D eigenvalue weighted by Gasteiger charge is -1.79. The molecular weight excluding hydrogens is 157 g/mol. The highest BCUT2D eigenvalue weighted by Gasteiger charge is 1.86. The van der Waals surface area contributed by atoms with Gasteiger partial charge in [0.05, 0.1) is 9.51 Å². The van der Waals surface area contributed by atoms with Crippen LogP contribution in [0.3, 0.4) is 0 Å². The van der Waals surface area contributed by atoms with Crippen molar-refractivity contribution in [3.05, 3.63) is 0 Å². The minimum atomic E-state index is 0.383. The van der Waals surface area contributed by atoms with Crippen LogP contribution >= 0.6 is 40.9 Å². The summed E-state index contributed by atoms with van der Waals surface area (Å²) in [6, 6.07) is 0. The Morgan fingerprint density at radius 2 is 1.17 bits per heavy atom. The molecule has 0 aromatic rings. The summed E-state index contributed by atoms with van der Waals surface area (Å²) >= 11 is 10.5. The van der Waals surface area contributed by atoms with Crippen LogP contribution in [0, 0.1) is 0 Å². The van der Waals surface area contributed by atoms with Crippen molar-refractivity contribution in [3.63, 3.8) is 0 Å². The molecule has 0 amide bonds. The van der Waals surface area contributed by atoms with Gasteiger partial charge in [-0.25, -0.2) is 0 Å². The Balaban J connectivity index is 3.57. The van der Waals surface area contributed by atoms with E-state index in [9.17, 15) is 0 Å². The van der Waals surface area contributed by atoms with E-state index in [1.54, 1.807) is 0 Å². The highest BCUT2D eigenvalue weighted by Crippen LogP contribution is 1.96. The quantitative estimate of drug-likeness (QED) is 0.513. The second kappa shape index (κ2) is 2.99. The van der Waals surface area contributed by atoms with Crippen molar-refractivity contribution in [2.24, 2.45) is 0 Å². The van der Waals surface area contributed by atoms with Gasteiger partial charge in [0, 0.05) is 0 Å². The first-order valence-corrected chi connectivity index (χ1v) is 2.88. The molecule has 0 saturated heterocycles. The van der Waals surface area contributed by atoms with Crippen LogP contribution in [0.1, 0.15) is 0 Å². The van der Waals surface area contributed by atoms with Crippen LogP contribution in [0.4, 0.5) is 0 Å². The van der Waals surface area contributed by atoms with Gasteiger partial charge in [-0.3, -0.25) is 0 Å². The molecule has 0 aromatic heterocycles. The monoisotopic (exact) mass is 158 g/mol. The Morgan fingerprint density at radius 3 is 1.17 bits per heavy atom. The van der Waals surface area contributed by atoms with Crippen LogP contribution in [0.15, 0.2) is 0 Å². The van der Waals surface area contributed by atoms with E-state index in [0.717, 1.165) is 0 Å².